The van der Waals surface area contributed by atoms with Gasteiger partial charge in [0, 0.05) is 13.0 Å². The second-order valence-electron chi connectivity index (χ2n) is 5.55. The fraction of sp³-hybridized carbons (Fsp3) is 0.222. The largest absolute Gasteiger partial charge is 0.377 e. The molecule has 3 aromatic rings. The lowest BCUT2D eigenvalue weighted by atomic mass is 10.3. The van der Waals surface area contributed by atoms with E-state index in [2.05, 4.69) is 22.1 Å². The normalized spacial score (nSPS) is 10.8. The summed E-state index contributed by atoms with van der Waals surface area (Å²) in [5, 5.41) is 4.55. The summed E-state index contributed by atoms with van der Waals surface area (Å²) in [7, 11) is 0. The van der Waals surface area contributed by atoms with Crippen LogP contribution in [0.4, 0.5) is 0 Å². The number of fused-ring (bicyclic) bond motifs is 1. The Morgan fingerprint density at radius 1 is 1.31 bits per heavy atom. The third kappa shape index (κ3) is 3.86. The van der Waals surface area contributed by atoms with Crippen LogP contribution in [0.25, 0.3) is 16.7 Å². The van der Waals surface area contributed by atoms with Gasteiger partial charge in [0.25, 0.3) is 5.56 Å². The molecule has 0 spiro atoms. The fourth-order valence-electron chi connectivity index (χ4n) is 2.44. The zero-order valence-corrected chi connectivity index (χ0v) is 14.2. The van der Waals surface area contributed by atoms with Crippen LogP contribution in [0.3, 0.4) is 0 Å². The zero-order valence-electron chi connectivity index (χ0n) is 14.2. The standard InChI is InChI=1S/C18H19N5O3/c1-2-10-26-11-6-9-16(24)21-22-13-19-17-15(18(22)25)12-20-23(17)14-7-4-3-5-8-14/h2-5,7-8,12-13H,1,6,9-11H2,(H,21,24). The summed E-state index contributed by atoms with van der Waals surface area (Å²) in [6.07, 6.45) is 5.18. The maximum atomic E-state index is 12.5. The predicted molar refractivity (Wildman–Crippen MR) is 97.7 cm³/mol. The molecule has 0 bridgehead atoms. The van der Waals surface area contributed by atoms with Crippen molar-refractivity contribution in [3.8, 4) is 5.69 Å². The maximum absolute atomic E-state index is 12.5. The van der Waals surface area contributed by atoms with Gasteiger partial charge in [-0.2, -0.15) is 5.10 Å². The molecule has 0 atom stereocenters. The van der Waals surface area contributed by atoms with E-state index < -0.39 is 0 Å². The number of carbonyl (C=O) groups is 1. The van der Waals surface area contributed by atoms with E-state index in [4.69, 9.17) is 4.74 Å². The number of nitrogens with zero attached hydrogens (tertiary/aromatic N) is 4. The number of amides is 1. The summed E-state index contributed by atoms with van der Waals surface area (Å²) >= 11 is 0. The van der Waals surface area contributed by atoms with Gasteiger partial charge in [-0.05, 0) is 18.6 Å². The molecule has 0 aliphatic carbocycles. The van der Waals surface area contributed by atoms with E-state index in [0.29, 0.717) is 30.7 Å². The van der Waals surface area contributed by atoms with Crippen LogP contribution >= 0.6 is 0 Å². The number of aromatic nitrogens is 4. The molecule has 0 radical (unpaired) electrons. The molecule has 0 fully saturated rings. The number of benzene rings is 1. The van der Waals surface area contributed by atoms with Gasteiger partial charge >= 0.3 is 0 Å². The molecule has 2 aromatic heterocycles. The topological polar surface area (TPSA) is 91.0 Å². The molecule has 8 heteroatoms. The van der Waals surface area contributed by atoms with Crippen LogP contribution < -0.4 is 11.0 Å². The molecular weight excluding hydrogens is 334 g/mol. The first-order valence-corrected chi connectivity index (χ1v) is 8.20. The van der Waals surface area contributed by atoms with Gasteiger partial charge in [-0.3, -0.25) is 15.0 Å². The van der Waals surface area contributed by atoms with Gasteiger partial charge in [0.15, 0.2) is 5.65 Å². The highest BCUT2D eigenvalue weighted by atomic mass is 16.5. The molecule has 1 N–H and O–H groups in total. The van der Waals surface area contributed by atoms with Crippen molar-refractivity contribution in [3.63, 3.8) is 0 Å². The lowest BCUT2D eigenvalue weighted by molar-refractivity contribution is -0.117. The van der Waals surface area contributed by atoms with Gasteiger partial charge in [-0.1, -0.05) is 24.3 Å². The van der Waals surface area contributed by atoms with E-state index in [1.807, 2.05) is 30.3 Å². The summed E-state index contributed by atoms with van der Waals surface area (Å²) in [6, 6.07) is 9.39. The van der Waals surface area contributed by atoms with Gasteiger partial charge < -0.3 is 4.74 Å². The summed E-state index contributed by atoms with van der Waals surface area (Å²) in [6.45, 7) is 4.45. The van der Waals surface area contributed by atoms with Crippen molar-refractivity contribution in [1.29, 1.82) is 0 Å². The minimum atomic E-state index is -0.381. The SMILES string of the molecule is C=CCOCCCC(=O)Nn1cnc2c(cnn2-c2ccccc2)c1=O. The highest BCUT2D eigenvalue weighted by molar-refractivity contribution is 5.84. The average molecular weight is 353 g/mol. The quantitative estimate of drug-likeness (QED) is 0.491. The molecule has 8 nitrogen and oxygen atoms in total. The second-order valence-corrected chi connectivity index (χ2v) is 5.55. The van der Waals surface area contributed by atoms with Crippen LogP contribution in [0.15, 0.2) is 60.3 Å². The molecule has 0 unspecified atom stereocenters. The lowest BCUT2D eigenvalue weighted by Crippen LogP contribution is -2.33. The number of rotatable bonds is 8. The van der Waals surface area contributed by atoms with E-state index in [0.717, 1.165) is 10.4 Å². The maximum Gasteiger partial charge on any atom is 0.283 e. The Morgan fingerprint density at radius 2 is 2.12 bits per heavy atom. The highest BCUT2D eigenvalue weighted by Gasteiger charge is 2.12. The summed E-state index contributed by atoms with van der Waals surface area (Å²) in [4.78, 5) is 28.8. The average Bonchev–Trinajstić information content (AvgIpc) is 3.09. The first-order chi connectivity index (χ1) is 12.7. The predicted octanol–water partition coefficient (Wildman–Crippen LogP) is 1.64. The fourth-order valence-corrected chi connectivity index (χ4v) is 2.44. The number of ether oxygens (including phenoxy) is 1. The second kappa shape index (κ2) is 8.21. The number of hydrogen-bond donors (Lipinski definition) is 1. The van der Waals surface area contributed by atoms with Gasteiger partial charge in [-0.25, -0.2) is 14.3 Å². The smallest absolute Gasteiger partial charge is 0.283 e. The van der Waals surface area contributed by atoms with E-state index in [1.165, 1.54) is 12.5 Å². The summed E-state index contributed by atoms with van der Waals surface area (Å²) < 4.78 is 7.88. The van der Waals surface area contributed by atoms with Crippen molar-refractivity contribution in [1.82, 2.24) is 19.4 Å². The number of para-hydroxylation sites is 1. The molecule has 1 amide bonds. The van der Waals surface area contributed by atoms with Crippen molar-refractivity contribution in [2.45, 2.75) is 12.8 Å². The molecular formula is C18H19N5O3. The van der Waals surface area contributed by atoms with Gasteiger partial charge in [0.1, 0.15) is 11.7 Å². The zero-order chi connectivity index (χ0) is 18.4. The molecule has 0 aliphatic rings. The highest BCUT2D eigenvalue weighted by Crippen LogP contribution is 2.12. The Labute approximate surface area is 149 Å². The number of nitrogens with one attached hydrogen (secondary N) is 1. The van der Waals surface area contributed by atoms with E-state index in [1.54, 1.807) is 10.8 Å². The van der Waals surface area contributed by atoms with Crippen molar-refractivity contribution < 1.29 is 9.53 Å². The molecule has 3 rings (SSSR count). The third-order valence-corrected chi connectivity index (χ3v) is 3.66. The molecule has 0 saturated heterocycles. The number of hydrogen-bond acceptors (Lipinski definition) is 5. The minimum absolute atomic E-state index is 0.241. The number of carbonyl (C=O) groups excluding carboxylic acids is 1. The molecule has 0 saturated carbocycles. The van der Waals surface area contributed by atoms with Gasteiger partial charge in [0.2, 0.25) is 5.91 Å². The van der Waals surface area contributed by atoms with Crippen LogP contribution in [0.2, 0.25) is 0 Å². The third-order valence-electron chi connectivity index (χ3n) is 3.66. The van der Waals surface area contributed by atoms with Crippen LogP contribution in [-0.2, 0) is 9.53 Å². The first-order valence-electron chi connectivity index (χ1n) is 8.20. The Bertz CT molecular complexity index is 962. The molecule has 0 aliphatic heterocycles. The van der Waals surface area contributed by atoms with Gasteiger partial charge in [0.05, 0.1) is 18.5 Å². The van der Waals surface area contributed by atoms with E-state index in [-0.39, 0.29) is 17.9 Å². The Balaban J connectivity index is 1.73. The summed E-state index contributed by atoms with van der Waals surface area (Å²) in [5.74, 6) is -0.286. The Morgan fingerprint density at radius 3 is 2.88 bits per heavy atom. The first kappa shape index (κ1) is 17.6. The van der Waals surface area contributed by atoms with Crippen molar-refractivity contribution in [3.05, 3.63) is 65.9 Å². The summed E-state index contributed by atoms with van der Waals surface area (Å²) in [5.41, 5.74) is 3.39. The van der Waals surface area contributed by atoms with Crippen LogP contribution in [-0.4, -0.2) is 38.6 Å². The monoisotopic (exact) mass is 353 g/mol. The molecule has 134 valence electrons. The van der Waals surface area contributed by atoms with Crippen molar-refractivity contribution in [2.24, 2.45) is 0 Å². The Kier molecular flexibility index (Phi) is 5.55. The van der Waals surface area contributed by atoms with E-state index in [9.17, 15) is 9.59 Å². The molecule has 26 heavy (non-hydrogen) atoms. The minimum Gasteiger partial charge on any atom is -0.377 e. The van der Waals surface area contributed by atoms with Crippen LogP contribution in [0.5, 0.6) is 0 Å². The van der Waals surface area contributed by atoms with Crippen molar-refractivity contribution in [2.75, 3.05) is 18.6 Å². The van der Waals surface area contributed by atoms with Crippen LogP contribution in [0.1, 0.15) is 12.8 Å². The lowest BCUT2D eigenvalue weighted by Gasteiger charge is -2.08. The van der Waals surface area contributed by atoms with Gasteiger partial charge in [-0.15, -0.1) is 6.58 Å². The molecule has 1 aromatic carbocycles. The molecule has 2 heterocycles. The van der Waals surface area contributed by atoms with Crippen molar-refractivity contribution >= 4 is 16.9 Å². The van der Waals surface area contributed by atoms with E-state index >= 15 is 0 Å². The Hall–Kier alpha value is -3.26. The van der Waals surface area contributed by atoms with Crippen LogP contribution in [0, 0.1) is 0 Å².